The van der Waals surface area contributed by atoms with Crippen LogP contribution in [-0.2, 0) is 4.79 Å². The fraction of sp³-hybridized carbons (Fsp3) is 0.462. The van der Waals surface area contributed by atoms with E-state index in [4.69, 9.17) is 4.74 Å². The van der Waals surface area contributed by atoms with Gasteiger partial charge in [-0.3, -0.25) is 4.79 Å². The molecule has 1 atom stereocenters. The summed E-state index contributed by atoms with van der Waals surface area (Å²) in [5.74, 6) is 0.658. The Kier molecular flexibility index (Phi) is 5.40. The van der Waals surface area contributed by atoms with Crippen LogP contribution in [0.3, 0.4) is 0 Å². The molecule has 1 aromatic carbocycles. The van der Waals surface area contributed by atoms with Crippen LogP contribution in [0.4, 0.5) is 0 Å². The number of benzene rings is 1. The average molecular weight is 221 g/mol. The minimum Gasteiger partial charge on any atom is -0.484 e. The summed E-state index contributed by atoms with van der Waals surface area (Å²) in [4.78, 5) is 11.5. The molecule has 0 spiro atoms. The van der Waals surface area contributed by atoms with Gasteiger partial charge in [-0.2, -0.15) is 0 Å². The highest BCUT2D eigenvalue weighted by molar-refractivity contribution is 5.77. The molecule has 0 aliphatic carbocycles. The maximum absolute atomic E-state index is 11.5. The van der Waals surface area contributed by atoms with E-state index in [1.807, 2.05) is 37.3 Å². The van der Waals surface area contributed by atoms with Crippen molar-refractivity contribution in [3.05, 3.63) is 30.3 Å². The first-order chi connectivity index (χ1) is 7.72. The Balaban J connectivity index is 2.25. The molecule has 1 aromatic rings. The molecule has 0 aliphatic rings. The van der Waals surface area contributed by atoms with E-state index in [1.54, 1.807) is 0 Å². The van der Waals surface area contributed by atoms with Crippen LogP contribution in [0.2, 0.25) is 0 Å². The third kappa shape index (κ3) is 4.82. The lowest BCUT2D eigenvalue weighted by atomic mass is 10.2. The minimum absolute atomic E-state index is 0.0650. The van der Waals surface area contributed by atoms with Crippen LogP contribution in [0.5, 0.6) is 5.75 Å². The molecule has 0 saturated heterocycles. The second-order valence-corrected chi connectivity index (χ2v) is 3.86. The van der Waals surface area contributed by atoms with Crippen molar-refractivity contribution in [3.8, 4) is 5.75 Å². The standard InChI is InChI=1S/C13H19NO2/c1-3-7-11(2)14-13(15)10-16-12-8-5-4-6-9-12/h4-6,8-9,11H,3,7,10H2,1-2H3,(H,14,15)/t11-/m0/s1. The van der Waals surface area contributed by atoms with Crippen LogP contribution in [0, 0.1) is 0 Å². The highest BCUT2D eigenvalue weighted by atomic mass is 16.5. The molecule has 3 nitrogen and oxygen atoms in total. The van der Waals surface area contributed by atoms with Crippen LogP contribution in [0.15, 0.2) is 30.3 Å². The van der Waals surface area contributed by atoms with Crippen LogP contribution >= 0.6 is 0 Å². The number of rotatable bonds is 6. The summed E-state index contributed by atoms with van der Waals surface area (Å²) >= 11 is 0. The van der Waals surface area contributed by atoms with Crippen molar-refractivity contribution in [2.24, 2.45) is 0 Å². The molecule has 0 unspecified atom stereocenters. The molecule has 3 heteroatoms. The molecule has 88 valence electrons. The van der Waals surface area contributed by atoms with Gasteiger partial charge in [0.15, 0.2) is 6.61 Å². The van der Waals surface area contributed by atoms with Gasteiger partial charge in [0.05, 0.1) is 0 Å². The smallest absolute Gasteiger partial charge is 0.258 e. The quantitative estimate of drug-likeness (QED) is 0.801. The van der Waals surface area contributed by atoms with Crippen LogP contribution in [0.25, 0.3) is 0 Å². The zero-order chi connectivity index (χ0) is 11.8. The van der Waals surface area contributed by atoms with E-state index in [1.165, 1.54) is 0 Å². The first kappa shape index (κ1) is 12.6. The van der Waals surface area contributed by atoms with E-state index in [0.717, 1.165) is 18.6 Å². The number of hydrogen-bond acceptors (Lipinski definition) is 2. The molecule has 0 aliphatic heterocycles. The summed E-state index contributed by atoms with van der Waals surface area (Å²) in [5, 5.41) is 2.89. The lowest BCUT2D eigenvalue weighted by Crippen LogP contribution is -2.35. The largest absolute Gasteiger partial charge is 0.484 e. The second kappa shape index (κ2) is 6.88. The topological polar surface area (TPSA) is 38.3 Å². The molecule has 0 aromatic heterocycles. The monoisotopic (exact) mass is 221 g/mol. The van der Waals surface area contributed by atoms with Crippen LogP contribution < -0.4 is 10.1 Å². The molecule has 0 saturated carbocycles. The van der Waals surface area contributed by atoms with Gasteiger partial charge >= 0.3 is 0 Å². The Labute approximate surface area is 96.8 Å². The molecule has 1 N–H and O–H groups in total. The van der Waals surface area contributed by atoms with Gasteiger partial charge in [-0.15, -0.1) is 0 Å². The fourth-order valence-electron chi connectivity index (χ4n) is 1.49. The van der Waals surface area contributed by atoms with Crippen molar-refractivity contribution in [2.75, 3.05) is 6.61 Å². The number of nitrogens with one attached hydrogen (secondary N) is 1. The maximum atomic E-state index is 11.5. The highest BCUT2D eigenvalue weighted by Crippen LogP contribution is 2.07. The van der Waals surface area contributed by atoms with E-state index in [0.29, 0.717) is 0 Å². The molecule has 1 amide bonds. The Morgan fingerprint density at radius 2 is 2.06 bits per heavy atom. The van der Waals surface area contributed by atoms with E-state index in [9.17, 15) is 4.79 Å². The summed E-state index contributed by atoms with van der Waals surface area (Å²) in [5.41, 5.74) is 0. The van der Waals surface area contributed by atoms with Crippen LogP contribution in [-0.4, -0.2) is 18.6 Å². The zero-order valence-electron chi connectivity index (χ0n) is 9.90. The highest BCUT2D eigenvalue weighted by Gasteiger charge is 2.06. The normalized spacial score (nSPS) is 11.9. The molecular formula is C13H19NO2. The predicted octanol–water partition coefficient (Wildman–Crippen LogP) is 2.37. The summed E-state index contributed by atoms with van der Waals surface area (Å²) in [6.45, 7) is 4.19. The Morgan fingerprint density at radius 3 is 2.69 bits per heavy atom. The molecule has 0 fully saturated rings. The van der Waals surface area contributed by atoms with Gasteiger partial charge in [0.2, 0.25) is 0 Å². The van der Waals surface area contributed by atoms with E-state index < -0.39 is 0 Å². The third-order valence-corrected chi connectivity index (χ3v) is 2.24. The average Bonchev–Trinajstić information content (AvgIpc) is 2.28. The SMILES string of the molecule is CCC[C@H](C)NC(=O)COc1ccccc1. The number of amides is 1. The molecule has 1 rings (SSSR count). The van der Waals surface area contributed by atoms with Crippen molar-refractivity contribution < 1.29 is 9.53 Å². The van der Waals surface area contributed by atoms with Gasteiger partial charge in [0, 0.05) is 6.04 Å². The van der Waals surface area contributed by atoms with Gasteiger partial charge in [-0.1, -0.05) is 31.5 Å². The van der Waals surface area contributed by atoms with Crippen molar-refractivity contribution in [1.82, 2.24) is 5.32 Å². The zero-order valence-corrected chi connectivity index (χ0v) is 9.90. The second-order valence-electron chi connectivity index (χ2n) is 3.86. The first-order valence-corrected chi connectivity index (χ1v) is 5.69. The van der Waals surface area contributed by atoms with Crippen molar-refractivity contribution in [2.45, 2.75) is 32.7 Å². The molecule has 16 heavy (non-hydrogen) atoms. The Morgan fingerprint density at radius 1 is 1.38 bits per heavy atom. The van der Waals surface area contributed by atoms with Crippen molar-refractivity contribution in [3.63, 3.8) is 0 Å². The van der Waals surface area contributed by atoms with Gasteiger partial charge in [-0.25, -0.2) is 0 Å². The van der Waals surface area contributed by atoms with Gasteiger partial charge in [0.25, 0.3) is 5.91 Å². The summed E-state index contributed by atoms with van der Waals surface area (Å²) in [6.07, 6.45) is 2.07. The van der Waals surface area contributed by atoms with Crippen molar-refractivity contribution in [1.29, 1.82) is 0 Å². The van der Waals surface area contributed by atoms with E-state index in [-0.39, 0.29) is 18.6 Å². The molecule has 0 heterocycles. The summed E-state index contributed by atoms with van der Waals surface area (Å²) < 4.78 is 5.33. The summed E-state index contributed by atoms with van der Waals surface area (Å²) in [7, 11) is 0. The molecule has 0 radical (unpaired) electrons. The van der Waals surface area contributed by atoms with E-state index in [2.05, 4.69) is 12.2 Å². The third-order valence-electron chi connectivity index (χ3n) is 2.24. The predicted molar refractivity (Wildman–Crippen MR) is 64.4 cm³/mol. The first-order valence-electron chi connectivity index (χ1n) is 5.69. The number of carbonyl (C=O) groups excluding carboxylic acids is 1. The summed E-state index contributed by atoms with van der Waals surface area (Å²) in [6, 6.07) is 9.57. The maximum Gasteiger partial charge on any atom is 0.258 e. The Bertz CT molecular complexity index is 311. The number of hydrogen-bond donors (Lipinski definition) is 1. The fourth-order valence-corrected chi connectivity index (χ4v) is 1.49. The number of carbonyl (C=O) groups is 1. The van der Waals surface area contributed by atoms with Gasteiger partial charge in [0.1, 0.15) is 5.75 Å². The number of para-hydroxylation sites is 1. The van der Waals surface area contributed by atoms with Crippen molar-refractivity contribution >= 4 is 5.91 Å². The molecular weight excluding hydrogens is 202 g/mol. The van der Waals surface area contributed by atoms with Crippen LogP contribution in [0.1, 0.15) is 26.7 Å². The van der Waals surface area contributed by atoms with Gasteiger partial charge in [-0.05, 0) is 25.5 Å². The minimum atomic E-state index is -0.0650. The number of ether oxygens (including phenoxy) is 1. The Hall–Kier alpha value is -1.51. The molecule has 0 bridgehead atoms. The van der Waals surface area contributed by atoms with Gasteiger partial charge < -0.3 is 10.1 Å². The van der Waals surface area contributed by atoms with E-state index >= 15 is 0 Å². The lowest BCUT2D eigenvalue weighted by molar-refractivity contribution is -0.123. The lowest BCUT2D eigenvalue weighted by Gasteiger charge is -2.13.